The molecule has 2 rings (SSSR count). The molecule has 19 heavy (non-hydrogen) atoms. The summed E-state index contributed by atoms with van der Waals surface area (Å²) in [6, 6.07) is 5.62. The predicted molar refractivity (Wildman–Crippen MR) is 76.4 cm³/mol. The molecule has 104 valence electrons. The molecule has 1 saturated heterocycles. The smallest absolute Gasteiger partial charge is 0.254 e. The second kappa shape index (κ2) is 5.95. The number of piperidine rings is 1. The number of carbonyl (C=O) groups is 1. The van der Waals surface area contributed by atoms with E-state index >= 15 is 0 Å². The van der Waals surface area contributed by atoms with E-state index in [4.69, 9.17) is 10.5 Å². The van der Waals surface area contributed by atoms with Crippen LogP contribution in [0, 0.1) is 0 Å². The van der Waals surface area contributed by atoms with Crippen LogP contribution in [0.1, 0.15) is 43.0 Å². The highest BCUT2D eigenvalue weighted by molar-refractivity contribution is 5.95. The Bertz CT molecular complexity index is 459. The van der Waals surface area contributed by atoms with Crippen molar-refractivity contribution < 1.29 is 9.53 Å². The van der Waals surface area contributed by atoms with E-state index in [1.54, 1.807) is 25.3 Å². The average Bonchev–Trinajstić information content (AvgIpc) is 2.46. The number of nitrogens with zero attached hydrogens (tertiary/aromatic N) is 1. The van der Waals surface area contributed by atoms with Gasteiger partial charge in [-0.25, -0.2) is 0 Å². The molecular formula is C15H22N2O2. The van der Waals surface area contributed by atoms with E-state index in [1.165, 1.54) is 6.42 Å². The summed E-state index contributed by atoms with van der Waals surface area (Å²) in [6.07, 6.45) is 4.42. The fourth-order valence-electron chi connectivity index (χ4n) is 2.73. The lowest BCUT2D eigenvalue weighted by molar-refractivity contribution is 0.0608. The lowest BCUT2D eigenvalue weighted by Gasteiger charge is -2.35. The SMILES string of the molecule is CCC1CCCCN1C(=O)c1ccc(OC)c(N)c1. The Morgan fingerprint density at radius 1 is 1.47 bits per heavy atom. The van der Waals surface area contributed by atoms with Crippen LogP contribution < -0.4 is 10.5 Å². The Labute approximate surface area is 114 Å². The molecule has 1 aromatic rings. The fourth-order valence-corrected chi connectivity index (χ4v) is 2.73. The zero-order valence-corrected chi connectivity index (χ0v) is 11.7. The van der Waals surface area contributed by atoms with Gasteiger partial charge < -0.3 is 15.4 Å². The van der Waals surface area contributed by atoms with Crippen molar-refractivity contribution in [2.75, 3.05) is 19.4 Å². The van der Waals surface area contributed by atoms with Gasteiger partial charge >= 0.3 is 0 Å². The predicted octanol–water partition coefficient (Wildman–Crippen LogP) is 2.68. The summed E-state index contributed by atoms with van der Waals surface area (Å²) in [5, 5.41) is 0. The molecule has 4 nitrogen and oxygen atoms in total. The Morgan fingerprint density at radius 3 is 2.89 bits per heavy atom. The third kappa shape index (κ3) is 2.83. The van der Waals surface area contributed by atoms with Crippen LogP contribution >= 0.6 is 0 Å². The maximum absolute atomic E-state index is 12.6. The van der Waals surface area contributed by atoms with Crippen LogP contribution in [0.2, 0.25) is 0 Å². The normalized spacial score (nSPS) is 19.3. The minimum absolute atomic E-state index is 0.0842. The molecule has 2 N–H and O–H groups in total. The van der Waals surface area contributed by atoms with Crippen molar-refractivity contribution in [2.24, 2.45) is 0 Å². The lowest BCUT2D eigenvalue weighted by atomic mass is 9.99. The topological polar surface area (TPSA) is 55.6 Å². The summed E-state index contributed by atoms with van der Waals surface area (Å²) < 4.78 is 5.12. The molecule has 0 aromatic heterocycles. The van der Waals surface area contributed by atoms with Gasteiger partial charge in [0.1, 0.15) is 5.75 Å². The van der Waals surface area contributed by atoms with Crippen LogP contribution in [0.5, 0.6) is 5.75 Å². The Kier molecular flexibility index (Phi) is 4.30. The van der Waals surface area contributed by atoms with E-state index in [9.17, 15) is 4.79 Å². The molecule has 1 atom stereocenters. The van der Waals surface area contributed by atoms with E-state index in [2.05, 4.69) is 6.92 Å². The Balaban J connectivity index is 2.20. The molecule has 0 bridgehead atoms. The molecule has 0 saturated carbocycles. The highest BCUT2D eigenvalue weighted by Gasteiger charge is 2.26. The lowest BCUT2D eigenvalue weighted by Crippen LogP contribution is -2.43. The zero-order valence-electron chi connectivity index (χ0n) is 11.7. The van der Waals surface area contributed by atoms with Gasteiger partial charge in [0.05, 0.1) is 12.8 Å². The van der Waals surface area contributed by atoms with E-state index in [0.29, 0.717) is 23.0 Å². The largest absolute Gasteiger partial charge is 0.495 e. The zero-order chi connectivity index (χ0) is 13.8. The minimum atomic E-state index is 0.0842. The number of nitrogen functional groups attached to an aromatic ring is 1. The second-order valence-electron chi connectivity index (χ2n) is 5.01. The van der Waals surface area contributed by atoms with E-state index in [0.717, 1.165) is 25.8 Å². The van der Waals surface area contributed by atoms with Gasteiger partial charge in [0.15, 0.2) is 0 Å². The Hall–Kier alpha value is -1.71. The van der Waals surface area contributed by atoms with Gasteiger partial charge in [-0.15, -0.1) is 0 Å². The first kappa shape index (κ1) is 13.7. The minimum Gasteiger partial charge on any atom is -0.495 e. The molecule has 1 aromatic carbocycles. The van der Waals surface area contributed by atoms with Crippen LogP contribution in [-0.4, -0.2) is 30.5 Å². The number of anilines is 1. The maximum atomic E-state index is 12.6. The summed E-state index contributed by atoms with van der Waals surface area (Å²) in [5.74, 6) is 0.697. The second-order valence-corrected chi connectivity index (χ2v) is 5.01. The standard InChI is InChI=1S/C15H22N2O2/c1-3-12-6-4-5-9-17(12)15(18)11-7-8-14(19-2)13(16)10-11/h7-8,10,12H,3-6,9,16H2,1-2H3. The third-order valence-electron chi connectivity index (χ3n) is 3.84. The van der Waals surface area contributed by atoms with Crippen molar-refractivity contribution >= 4 is 11.6 Å². The van der Waals surface area contributed by atoms with E-state index in [-0.39, 0.29) is 5.91 Å². The maximum Gasteiger partial charge on any atom is 0.254 e. The van der Waals surface area contributed by atoms with Crippen molar-refractivity contribution in [3.63, 3.8) is 0 Å². The van der Waals surface area contributed by atoms with Gasteiger partial charge in [0.25, 0.3) is 5.91 Å². The van der Waals surface area contributed by atoms with Crippen LogP contribution in [0.3, 0.4) is 0 Å². The summed E-state index contributed by atoms with van der Waals surface area (Å²) in [6.45, 7) is 2.99. The third-order valence-corrected chi connectivity index (χ3v) is 3.84. The van der Waals surface area contributed by atoms with Crippen molar-refractivity contribution in [2.45, 2.75) is 38.6 Å². The fraction of sp³-hybridized carbons (Fsp3) is 0.533. The number of methoxy groups -OCH3 is 1. The van der Waals surface area contributed by atoms with Crippen LogP contribution in [0.15, 0.2) is 18.2 Å². The van der Waals surface area contributed by atoms with E-state index < -0.39 is 0 Å². The number of ether oxygens (including phenoxy) is 1. The highest BCUT2D eigenvalue weighted by Crippen LogP contribution is 2.25. The van der Waals surface area contributed by atoms with Crippen molar-refractivity contribution in [3.05, 3.63) is 23.8 Å². The molecule has 0 spiro atoms. The van der Waals surface area contributed by atoms with Crippen LogP contribution in [0.25, 0.3) is 0 Å². The number of hydrogen-bond donors (Lipinski definition) is 1. The average molecular weight is 262 g/mol. The molecule has 0 aliphatic carbocycles. The van der Waals surface area contributed by atoms with Gasteiger partial charge in [0, 0.05) is 18.2 Å². The summed E-state index contributed by atoms with van der Waals surface area (Å²) in [5.41, 5.74) is 7.03. The molecule has 0 radical (unpaired) electrons. The first-order valence-electron chi connectivity index (χ1n) is 6.91. The first-order valence-corrected chi connectivity index (χ1v) is 6.91. The van der Waals surface area contributed by atoms with Crippen LogP contribution in [-0.2, 0) is 0 Å². The molecule has 1 amide bonds. The molecule has 1 unspecified atom stereocenters. The van der Waals surface area contributed by atoms with Gasteiger partial charge in [-0.05, 0) is 43.9 Å². The molecule has 1 aliphatic rings. The van der Waals surface area contributed by atoms with Gasteiger partial charge in [-0.1, -0.05) is 6.92 Å². The monoisotopic (exact) mass is 262 g/mol. The molecule has 1 heterocycles. The number of hydrogen-bond acceptors (Lipinski definition) is 3. The summed E-state index contributed by atoms with van der Waals surface area (Å²) in [7, 11) is 1.57. The van der Waals surface area contributed by atoms with Gasteiger partial charge in [-0.3, -0.25) is 4.79 Å². The van der Waals surface area contributed by atoms with Crippen molar-refractivity contribution in [1.82, 2.24) is 4.90 Å². The first-order chi connectivity index (χ1) is 9.17. The van der Waals surface area contributed by atoms with Gasteiger partial charge in [-0.2, -0.15) is 0 Å². The number of amides is 1. The van der Waals surface area contributed by atoms with Crippen LogP contribution in [0.4, 0.5) is 5.69 Å². The number of carbonyl (C=O) groups excluding carboxylic acids is 1. The van der Waals surface area contributed by atoms with Crippen molar-refractivity contribution in [3.8, 4) is 5.75 Å². The number of nitrogens with two attached hydrogens (primary N) is 1. The number of rotatable bonds is 3. The number of benzene rings is 1. The highest BCUT2D eigenvalue weighted by atomic mass is 16.5. The molecule has 4 heteroatoms. The molecular weight excluding hydrogens is 240 g/mol. The van der Waals surface area contributed by atoms with Crippen molar-refractivity contribution in [1.29, 1.82) is 0 Å². The number of likely N-dealkylation sites (tertiary alicyclic amines) is 1. The van der Waals surface area contributed by atoms with Gasteiger partial charge in [0.2, 0.25) is 0 Å². The van der Waals surface area contributed by atoms with E-state index in [1.807, 2.05) is 4.90 Å². The molecule has 1 aliphatic heterocycles. The molecule has 1 fully saturated rings. The Morgan fingerprint density at radius 2 is 2.26 bits per heavy atom. The quantitative estimate of drug-likeness (QED) is 0.852. The summed E-state index contributed by atoms with van der Waals surface area (Å²) in [4.78, 5) is 14.5. The summed E-state index contributed by atoms with van der Waals surface area (Å²) >= 11 is 0.